The van der Waals surface area contributed by atoms with E-state index in [4.69, 9.17) is 13.9 Å². The van der Waals surface area contributed by atoms with Gasteiger partial charge in [0.25, 0.3) is 0 Å². The predicted octanol–water partition coefficient (Wildman–Crippen LogP) is 3.59. The number of hydrogen-bond donors (Lipinski definition) is 2. The Kier molecular flexibility index (Phi) is 9.73. The van der Waals surface area contributed by atoms with Gasteiger partial charge in [-0.2, -0.15) is 0 Å². The number of benzene rings is 1. The molecular formula is C24H36N4O3. The molecule has 0 spiro atoms. The first kappa shape index (κ1) is 23.2. The summed E-state index contributed by atoms with van der Waals surface area (Å²) in [4.78, 5) is 6.90. The van der Waals surface area contributed by atoms with Crippen molar-refractivity contribution in [1.29, 1.82) is 0 Å². The number of hydrogen-bond acceptors (Lipinski definition) is 5. The van der Waals surface area contributed by atoms with E-state index in [0.717, 1.165) is 49.1 Å². The summed E-state index contributed by atoms with van der Waals surface area (Å²) in [6.07, 6.45) is 6.43. The Labute approximate surface area is 185 Å². The zero-order chi connectivity index (χ0) is 21.7. The van der Waals surface area contributed by atoms with Gasteiger partial charge in [0.2, 0.25) is 0 Å². The number of nitrogens with one attached hydrogen (secondary N) is 2. The third-order valence-corrected chi connectivity index (χ3v) is 5.51. The lowest BCUT2D eigenvalue weighted by atomic mass is 10.1. The predicted molar refractivity (Wildman–Crippen MR) is 124 cm³/mol. The summed E-state index contributed by atoms with van der Waals surface area (Å²) >= 11 is 0. The lowest BCUT2D eigenvalue weighted by Crippen LogP contribution is -2.44. The molecule has 1 atom stereocenters. The maximum absolute atomic E-state index is 5.80. The van der Waals surface area contributed by atoms with Crippen LogP contribution in [0.5, 0.6) is 5.75 Å². The fraction of sp³-hybridized carbons (Fsp3) is 0.542. The number of piperidine rings is 1. The van der Waals surface area contributed by atoms with Gasteiger partial charge in [0, 0.05) is 40.3 Å². The Morgan fingerprint density at radius 2 is 2.00 bits per heavy atom. The van der Waals surface area contributed by atoms with Crippen molar-refractivity contribution in [2.75, 3.05) is 47.0 Å². The second-order valence-electron chi connectivity index (χ2n) is 7.78. The summed E-state index contributed by atoms with van der Waals surface area (Å²) in [5.41, 5.74) is 1.14. The number of rotatable bonds is 11. The number of likely N-dealkylation sites (tertiary alicyclic amines) is 1. The Morgan fingerprint density at radius 3 is 2.74 bits per heavy atom. The first-order chi connectivity index (χ1) is 15.3. The van der Waals surface area contributed by atoms with Gasteiger partial charge >= 0.3 is 0 Å². The van der Waals surface area contributed by atoms with Crippen molar-refractivity contribution in [2.24, 2.45) is 4.99 Å². The quantitative estimate of drug-likeness (QED) is 0.324. The molecule has 1 saturated heterocycles. The molecule has 1 aliphatic rings. The van der Waals surface area contributed by atoms with Gasteiger partial charge in [-0.15, -0.1) is 0 Å². The van der Waals surface area contributed by atoms with Gasteiger partial charge in [0.05, 0.1) is 18.9 Å². The largest absolute Gasteiger partial charge is 0.493 e. The minimum absolute atomic E-state index is 0.206. The zero-order valence-corrected chi connectivity index (χ0v) is 18.8. The SMILES string of the molecule is CN=C(NCc1cccc(OCCCOC)c1)NCC(c1ccco1)N1CCCCC1. The van der Waals surface area contributed by atoms with E-state index >= 15 is 0 Å². The maximum Gasteiger partial charge on any atom is 0.191 e. The van der Waals surface area contributed by atoms with Gasteiger partial charge in [0.1, 0.15) is 11.5 Å². The zero-order valence-electron chi connectivity index (χ0n) is 18.8. The van der Waals surface area contributed by atoms with Crippen LogP contribution in [0.15, 0.2) is 52.1 Å². The van der Waals surface area contributed by atoms with Crippen LogP contribution in [0.1, 0.15) is 43.0 Å². The van der Waals surface area contributed by atoms with E-state index in [9.17, 15) is 0 Å². The third kappa shape index (κ3) is 7.60. The number of guanidine groups is 1. The summed E-state index contributed by atoms with van der Waals surface area (Å²) in [6.45, 7) is 4.99. The van der Waals surface area contributed by atoms with Crippen LogP contribution < -0.4 is 15.4 Å². The Hall–Kier alpha value is -2.51. The normalized spacial score (nSPS) is 16.1. The van der Waals surface area contributed by atoms with Gasteiger partial charge in [-0.1, -0.05) is 18.6 Å². The summed E-state index contributed by atoms with van der Waals surface area (Å²) in [7, 11) is 3.50. The Balaban J connectivity index is 1.50. The summed E-state index contributed by atoms with van der Waals surface area (Å²) in [5, 5.41) is 6.89. The molecule has 1 aromatic carbocycles. The first-order valence-electron chi connectivity index (χ1n) is 11.2. The highest BCUT2D eigenvalue weighted by atomic mass is 16.5. The molecule has 1 aliphatic heterocycles. The minimum Gasteiger partial charge on any atom is -0.493 e. The molecule has 1 unspecified atom stereocenters. The summed E-state index contributed by atoms with van der Waals surface area (Å²) in [6, 6.07) is 12.4. The van der Waals surface area contributed by atoms with E-state index in [1.807, 2.05) is 18.2 Å². The average molecular weight is 429 g/mol. The maximum atomic E-state index is 5.80. The third-order valence-electron chi connectivity index (χ3n) is 5.51. The average Bonchev–Trinajstić information content (AvgIpc) is 3.34. The van der Waals surface area contributed by atoms with Crippen molar-refractivity contribution in [1.82, 2.24) is 15.5 Å². The first-order valence-corrected chi connectivity index (χ1v) is 11.2. The monoisotopic (exact) mass is 428 g/mol. The molecule has 0 radical (unpaired) electrons. The molecule has 1 fully saturated rings. The Morgan fingerprint density at radius 1 is 1.13 bits per heavy atom. The molecule has 0 aliphatic carbocycles. The lowest BCUT2D eigenvalue weighted by molar-refractivity contribution is 0.146. The second-order valence-corrected chi connectivity index (χ2v) is 7.78. The summed E-state index contributed by atoms with van der Waals surface area (Å²) < 4.78 is 16.6. The standard InChI is InChI=1S/C24H36N4O3/c1-25-24(26-18-20-9-6-10-21(17-20)30-16-8-14-29-2)27-19-22(23-11-7-15-31-23)28-12-4-3-5-13-28/h6-7,9-11,15,17,22H,3-5,8,12-14,16,18-19H2,1-2H3,(H2,25,26,27). The lowest BCUT2D eigenvalue weighted by Gasteiger charge is -2.33. The fourth-order valence-electron chi connectivity index (χ4n) is 3.86. The van der Waals surface area contributed by atoms with E-state index in [0.29, 0.717) is 19.8 Å². The smallest absolute Gasteiger partial charge is 0.191 e. The molecular weight excluding hydrogens is 392 g/mol. The molecule has 0 saturated carbocycles. The van der Waals surface area contributed by atoms with Crippen LogP contribution in [0, 0.1) is 0 Å². The highest BCUT2D eigenvalue weighted by Crippen LogP contribution is 2.24. The molecule has 7 heteroatoms. The van der Waals surface area contributed by atoms with Crippen molar-refractivity contribution >= 4 is 5.96 Å². The number of methoxy groups -OCH3 is 1. The minimum atomic E-state index is 0.206. The van der Waals surface area contributed by atoms with Gasteiger partial charge in [-0.25, -0.2) is 0 Å². The van der Waals surface area contributed by atoms with Crippen LogP contribution >= 0.6 is 0 Å². The van der Waals surface area contributed by atoms with Crippen molar-refractivity contribution in [3.05, 3.63) is 54.0 Å². The molecule has 2 aromatic rings. The number of nitrogens with zero attached hydrogens (tertiary/aromatic N) is 2. The van der Waals surface area contributed by atoms with E-state index in [1.54, 1.807) is 20.4 Å². The second kappa shape index (κ2) is 13.0. The van der Waals surface area contributed by atoms with E-state index in [2.05, 4.69) is 38.7 Å². The molecule has 2 heterocycles. The van der Waals surface area contributed by atoms with Gasteiger partial charge in [0.15, 0.2) is 5.96 Å². The van der Waals surface area contributed by atoms with Crippen molar-refractivity contribution < 1.29 is 13.9 Å². The topological polar surface area (TPSA) is 71.3 Å². The van der Waals surface area contributed by atoms with Gasteiger partial charge in [-0.05, 0) is 55.8 Å². The van der Waals surface area contributed by atoms with Crippen LogP contribution in [0.4, 0.5) is 0 Å². The van der Waals surface area contributed by atoms with E-state index in [1.165, 1.54) is 19.3 Å². The van der Waals surface area contributed by atoms with Crippen molar-refractivity contribution in [3.63, 3.8) is 0 Å². The van der Waals surface area contributed by atoms with Crippen LogP contribution in [-0.2, 0) is 11.3 Å². The highest BCUT2D eigenvalue weighted by molar-refractivity contribution is 5.79. The van der Waals surface area contributed by atoms with Crippen LogP contribution in [0.3, 0.4) is 0 Å². The van der Waals surface area contributed by atoms with E-state index < -0.39 is 0 Å². The number of ether oxygens (including phenoxy) is 2. The molecule has 0 bridgehead atoms. The molecule has 7 nitrogen and oxygen atoms in total. The number of aliphatic imine (C=N–C) groups is 1. The molecule has 170 valence electrons. The molecule has 0 amide bonds. The van der Waals surface area contributed by atoms with Gasteiger partial charge in [-0.3, -0.25) is 9.89 Å². The summed E-state index contributed by atoms with van der Waals surface area (Å²) in [5.74, 6) is 2.66. The molecule has 31 heavy (non-hydrogen) atoms. The van der Waals surface area contributed by atoms with Gasteiger partial charge < -0.3 is 24.5 Å². The van der Waals surface area contributed by atoms with Crippen LogP contribution in [0.25, 0.3) is 0 Å². The Bertz CT molecular complexity index is 773. The van der Waals surface area contributed by atoms with E-state index in [-0.39, 0.29) is 6.04 Å². The molecule has 3 rings (SSSR count). The number of furan rings is 1. The van der Waals surface area contributed by atoms with Crippen molar-refractivity contribution in [2.45, 2.75) is 38.3 Å². The van der Waals surface area contributed by atoms with Crippen LogP contribution in [-0.4, -0.2) is 57.9 Å². The highest BCUT2D eigenvalue weighted by Gasteiger charge is 2.24. The molecule has 2 N–H and O–H groups in total. The van der Waals surface area contributed by atoms with Crippen molar-refractivity contribution in [3.8, 4) is 5.75 Å². The van der Waals surface area contributed by atoms with Crippen LogP contribution in [0.2, 0.25) is 0 Å². The fourth-order valence-corrected chi connectivity index (χ4v) is 3.86. The molecule has 1 aromatic heterocycles.